The molecule has 3 atom stereocenters. The summed E-state index contributed by atoms with van der Waals surface area (Å²) < 4.78 is 27.9. The highest BCUT2D eigenvalue weighted by Crippen LogP contribution is 2.33. The van der Waals surface area contributed by atoms with Gasteiger partial charge in [-0.2, -0.15) is 0 Å². The van der Waals surface area contributed by atoms with Gasteiger partial charge in [-0.05, 0) is 55.4 Å². The van der Waals surface area contributed by atoms with Crippen LogP contribution in [0.5, 0.6) is 0 Å². The summed E-state index contributed by atoms with van der Waals surface area (Å²) in [5.74, 6) is 0.890. The average Bonchev–Trinajstić information content (AvgIpc) is 2.95. The van der Waals surface area contributed by atoms with Gasteiger partial charge in [0.05, 0.1) is 4.90 Å². The van der Waals surface area contributed by atoms with E-state index >= 15 is 0 Å². The summed E-state index contributed by atoms with van der Waals surface area (Å²) in [4.78, 5) is 28.0. The third kappa shape index (κ3) is 4.80. The smallest absolute Gasteiger partial charge is 0.240 e. The van der Waals surface area contributed by atoms with E-state index in [-0.39, 0.29) is 35.7 Å². The second-order valence-electron chi connectivity index (χ2n) is 8.63. The van der Waals surface area contributed by atoms with Crippen molar-refractivity contribution in [3.8, 4) is 0 Å². The van der Waals surface area contributed by atoms with Crippen LogP contribution in [-0.4, -0.2) is 50.8 Å². The molecule has 2 aliphatic rings. The first kappa shape index (κ1) is 21.8. The molecule has 0 unspecified atom stereocenters. The van der Waals surface area contributed by atoms with Crippen molar-refractivity contribution in [3.63, 3.8) is 0 Å². The third-order valence-electron chi connectivity index (χ3n) is 5.77. The van der Waals surface area contributed by atoms with Gasteiger partial charge >= 0.3 is 0 Å². The van der Waals surface area contributed by atoms with Gasteiger partial charge in [-0.1, -0.05) is 13.8 Å². The maximum atomic E-state index is 12.7. The van der Waals surface area contributed by atoms with Crippen LogP contribution in [-0.2, 0) is 26.0 Å². The number of nitrogens with one attached hydrogen (secondary N) is 1. The normalized spacial score (nSPS) is 24.5. The minimum absolute atomic E-state index is 0.00835. The quantitative estimate of drug-likeness (QED) is 0.789. The number of fused-ring (bicyclic) bond motifs is 1. The molecule has 1 saturated heterocycles. The summed E-state index contributed by atoms with van der Waals surface area (Å²) in [7, 11) is -3.71. The maximum absolute atomic E-state index is 12.7. The summed E-state index contributed by atoms with van der Waals surface area (Å²) >= 11 is 0. The van der Waals surface area contributed by atoms with Crippen molar-refractivity contribution >= 4 is 27.5 Å². The fourth-order valence-electron chi connectivity index (χ4n) is 4.65. The van der Waals surface area contributed by atoms with Crippen LogP contribution in [0.1, 0.15) is 46.1 Å². The number of piperidine rings is 1. The van der Waals surface area contributed by atoms with Crippen LogP contribution in [0.2, 0.25) is 0 Å². The maximum Gasteiger partial charge on any atom is 0.240 e. The van der Waals surface area contributed by atoms with Crippen LogP contribution in [0.25, 0.3) is 0 Å². The number of carbonyl (C=O) groups is 2. The van der Waals surface area contributed by atoms with Gasteiger partial charge < -0.3 is 9.80 Å². The Morgan fingerprint density at radius 3 is 2.41 bits per heavy atom. The van der Waals surface area contributed by atoms with Crippen molar-refractivity contribution in [1.29, 1.82) is 0 Å². The van der Waals surface area contributed by atoms with E-state index in [0.717, 1.165) is 30.8 Å². The Kier molecular flexibility index (Phi) is 6.33. The SMILES string of the molecule is CC(=O)N1c2ccc(S(=O)(=O)NCCC(=O)N3C[C@H](C)C[C@H](C)C3)cc2C[C@H]1C. The molecule has 2 heterocycles. The molecular formula is C21H31N3O4S. The molecule has 3 rings (SSSR count). The lowest BCUT2D eigenvalue weighted by atomic mass is 9.92. The minimum Gasteiger partial charge on any atom is -0.342 e. The van der Waals surface area contributed by atoms with Crippen LogP contribution < -0.4 is 9.62 Å². The first-order valence-electron chi connectivity index (χ1n) is 10.3. The number of amides is 2. The van der Waals surface area contributed by atoms with E-state index in [9.17, 15) is 18.0 Å². The van der Waals surface area contributed by atoms with Crippen molar-refractivity contribution in [2.45, 2.75) is 57.9 Å². The predicted octanol–water partition coefficient (Wildman–Crippen LogP) is 2.16. The molecule has 0 saturated carbocycles. The van der Waals surface area contributed by atoms with Crippen LogP contribution in [0.3, 0.4) is 0 Å². The van der Waals surface area contributed by atoms with Crippen LogP contribution in [0, 0.1) is 11.8 Å². The van der Waals surface area contributed by atoms with Crippen molar-refractivity contribution in [2.24, 2.45) is 11.8 Å². The predicted molar refractivity (Wildman–Crippen MR) is 112 cm³/mol. The van der Waals surface area contributed by atoms with E-state index in [1.807, 2.05) is 11.8 Å². The number of hydrogen-bond donors (Lipinski definition) is 1. The van der Waals surface area contributed by atoms with E-state index in [0.29, 0.717) is 18.3 Å². The van der Waals surface area contributed by atoms with E-state index in [1.165, 1.54) is 13.0 Å². The molecule has 0 radical (unpaired) electrons. The number of carbonyl (C=O) groups excluding carboxylic acids is 2. The summed E-state index contributed by atoms with van der Waals surface area (Å²) in [6.45, 7) is 9.30. The molecule has 160 valence electrons. The number of rotatable bonds is 5. The second-order valence-corrected chi connectivity index (χ2v) is 10.4. The Bertz CT molecular complexity index is 889. The lowest BCUT2D eigenvalue weighted by Gasteiger charge is -2.35. The minimum atomic E-state index is -3.71. The van der Waals surface area contributed by atoms with E-state index < -0.39 is 10.0 Å². The number of likely N-dealkylation sites (tertiary alicyclic amines) is 1. The Labute approximate surface area is 173 Å². The molecule has 2 aliphatic heterocycles. The topological polar surface area (TPSA) is 86.8 Å². The largest absolute Gasteiger partial charge is 0.342 e. The Morgan fingerprint density at radius 1 is 1.14 bits per heavy atom. The molecular weight excluding hydrogens is 390 g/mol. The molecule has 2 amide bonds. The van der Waals surface area contributed by atoms with Gasteiger partial charge in [0.25, 0.3) is 0 Å². The highest BCUT2D eigenvalue weighted by Gasteiger charge is 2.30. The zero-order valence-electron chi connectivity index (χ0n) is 17.6. The molecule has 0 spiro atoms. The molecule has 0 bridgehead atoms. The zero-order valence-corrected chi connectivity index (χ0v) is 18.5. The number of hydrogen-bond acceptors (Lipinski definition) is 4. The van der Waals surface area contributed by atoms with Gasteiger partial charge in [0.15, 0.2) is 0 Å². The Hall–Kier alpha value is -1.93. The number of sulfonamides is 1. The monoisotopic (exact) mass is 421 g/mol. The molecule has 1 fully saturated rings. The molecule has 1 aromatic rings. The molecule has 29 heavy (non-hydrogen) atoms. The molecule has 1 aromatic carbocycles. The van der Waals surface area contributed by atoms with Crippen molar-refractivity contribution in [1.82, 2.24) is 9.62 Å². The fraction of sp³-hybridized carbons (Fsp3) is 0.619. The number of benzene rings is 1. The van der Waals surface area contributed by atoms with Crippen LogP contribution >= 0.6 is 0 Å². The molecule has 0 aromatic heterocycles. The third-order valence-corrected chi connectivity index (χ3v) is 7.23. The average molecular weight is 422 g/mol. The Morgan fingerprint density at radius 2 is 1.79 bits per heavy atom. The van der Waals surface area contributed by atoms with E-state index in [2.05, 4.69) is 18.6 Å². The van der Waals surface area contributed by atoms with Crippen molar-refractivity contribution in [3.05, 3.63) is 23.8 Å². The molecule has 8 heteroatoms. The van der Waals surface area contributed by atoms with Gasteiger partial charge in [0.1, 0.15) is 0 Å². The van der Waals surface area contributed by atoms with Crippen molar-refractivity contribution < 1.29 is 18.0 Å². The van der Waals surface area contributed by atoms with Crippen molar-refractivity contribution in [2.75, 3.05) is 24.5 Å². The van der Waals surface area contributed by atoms with E-state index in [1.54, 1.807) is 17.0 Å². The lowest BCUT2D eigenvalue weighted by Crippen LogP contribution is -2.43. The summed E-state index contributed by atoms with van der Waals surface area (Å²) in [5.41, 5.74) is 1.62. The molecule has 7 nitrogen and oxygen atoms in total. The first-order valence-corrected chi connectivity index (χ1v) is 11.8. The van der Waals surface area contributed by atoms with Crippen LogP contribution in [0.15, 0.2) is 23.1 Å². The highest BCUT2D eigenvalue weighted by atomic mass is 32.2. The number of anilines is 1. The van der Waals surface area contributed by atoms with Crippen LogP contribution in [0.4, 0.5) is 5.69 Å². The van der Waals surface area contributed by atoms with E-state index in [4.69, 9.17) is 0 Å². The summed E-state index contributed by atoms with van der Waals surface area (Å²) in [6.07, 6.45) is 1.90. The van der Waals surface area contributed by atoms with Gasteiger partial charge in [-0.25, -0.2) is 13.1 Å². The summed E-state index contributed by atoms with van der Waals surface area (Å²) in [5, 5.41) is 0. The van der Waals surface area contributed by atoms with Gasteiger partial charge in [0, 0.05) is 44.7 Å². The Balaban J connectivity index is 1.61. The molecule has 1 N–H and O–H groups in total. The van der Waals surface area contributed by atoms with Gasteiger partial charge in [0.2, 0.25) is 21.8 Å². The molecule has 0 aliphatic carbocycles. The number of nitrogens with zero attached hydrogens (tertiary/aromatic N) is 2. The van der Waals surface area contributed by atoms with Gasteiger partial charge in [-0.15, -0.1) is 0 Å². The second kappa shape index (κ2) is 8.44. The zero-order chi connectivity index (χ0) is 21.3. The highest BCUT2D eigenvalue weighted by molar-refractivity contribution is 7.89. The first-order chi connectivity index (χ1) is 13.6. The fourth-order valence-corrected chi connectivity index (χ4v) is 5.74. The van der Waals surface area contributed by atoms with Gasteiger partial charge in [-0.3, -0.25) is 9.59 Å². The standard InChI is InChI=1S/C21H31N3O4S/c1-14-9-15(2)13-23(12-14)21(26)7-8-22-29(27,28)19-5-6-20-18(11-19)10-16(3)24(20)17(4)25/h5-6,11,14-16,22H,7-10,12-13H2,1-4H3/t14-,15+,16-/m1/s1. The lowest BCUT2D eigenvalue weighted by molar-refractivity contribution is -0.133. The summed E-state index contributed by atoms with van der Waals surface area (Å²) in [6, 6.07) is 4.86.